The van der Waals surface area contributed by atoms with Crippen LogP contribution in [0, 0.1) is 5.82 Å². The molecule has 11 heteroatoms. The number of carbonyl (C=O) groups excluding carboxylic acids is 2. The van der Waals surface area contributed by atoms with Gasteiger partial charge in [0.05, 0.1) is 18.1 Å². The molecule has 2 amide bonds. The Balaban J connectivity index is 1.44. The average molecular weight is 780 g/mol. The van der Waals surface area contributed by atoms with E-state index in [0.29, 0.717) is 4.90 Å². The zero-order valence-electron chi connectivity index (χ0n) is 32.0. The number of anilines is 1. The molecule has 0 aliphatic carbocycles. The number of aliphatic hydroxyl groups excluding tert-OH is 1. The number of nitrogens with zero attached hydrogens (tertiary/aromatic N) is 1. The average Bonchev–Trinajstić information content (AvgIpc) is 3.19. The van der Waals surface area contributed by atoms with Gasteiger partial charge in [-0.1, -0.05) is 115 Å². The molecule has 0 heterocycles. The van der Waals surface area contributed by atoms with Gasteiger partial charge in [0.25, 0.3) is 5.91 Å². The Morgan fingerprint density at radius 2 is 1.38 bits per heavy atom. The van der Waals surface area contributed by atoms with Gasteiger partial charge in [-0.3, -0.25) is 4.79 Å². The lowest BCUT2D eigenvalue weighted by molar-refractivity contribution is -0.129. The van der Waals surface area contributed by atoms with Crippen LogP contribution in [0.3, 0.4) is 0 Å². The highest BCUT2D eigenvalue weighted by Gasteiger charge is 2.33. The number of hydrogen-bond donors (Lipinski definition) is 3. The number of ether oxygens (including phenoxy) is 2. The van der Waals surface area contributed by atoms with Gasteiger partial charge in [-0.05, 0) is 74.6 Å². The van der Waals surface area contributed by atoms with Gasteiger partial charge in [-0.2, -0.15) is 0 Å². The number of hydrogen-bond acceptors (Lipinski definition) is 6. The van der Waals surface area contributed by atoms with E-state index in [9.17, 15) is 18.9 Å². The summed E-state index contributed by atoms with van der Waals surface area (Å²) in [5.41, 5.74) is 2.37. The summed E-state index contributed by atoms with van der Waals surface area (Å²) in [7, 11) is -1.68. The molecule has 3 unspecified atom stereocenters. The summed E-state index contributed by atoms with van der Waals surface area (Å²) in [6.45, 7) is 5.06. The van der Waals surface area contributed by atoms with Gasteiger partial charge in [0.2, 0.25) is 0 Å². The summed E-state index contributed by atoms with van der Waals surface area (Å²) in [4.78, 5) is 29.6. The lowest BCUT2D eigenvalue weighted by Crippen LogP contribution is -2.47. The molecular formula is C45H50FN3O6S. The Bertz CT molecular complexity index is 1960. The SMILES string of the molecule is CC(C)(C)OC(=O)N(CCO)CC(CCc1c(F)cccc1NC(=O)C(OCc1ccccc1)C(c1ccccc1)c1ccccc1)NS(=O)c1ccccc1. The Hall–Kier alpha value is -5.20. The summed E-state index contributed by atoms with van der Waals surface area (Å²) < 4.78 is 44.5. The molecule has 0 aliphatic rings. The smallest absolute Gasteiger partial charge is 0.410 e. The van der Waals surface area contributed by atoms with Crippen molar-refractivity contribution >= 4 is 28.7 Å². The minimum atomic E-state index is -1.68. The highest BCUT2D eigenvalue weighted by atomic mass is 32.2. The van der Waals surface area contributed by atoms with Crippen LogP contribution in [0.5, 0.6) is 0 Å². The molecule has 0 radical (unpaired) electrons. The number of carbonyl (C=O) groups is 2. The third kappa shape index (κ3) is 12.4. The van der Waals surface area contributed by atoms with E-state index in [2.05, 4.69) is 10.0 Å². The van der Waals surface area contributed by atoms with E-state index in [-0.39, 0.29) is 50.4 Å². The van der Waals surface area contributed by atoms with E-state index in [1.807, 2.05) is 97.1 Å². The molecule has 5 rings (SSSR count). The molecule has 294 valence electrons. The highest BCUT2D eigenvalue weighted by molar-refractivity contribution is 7.83. The third-order valence-electron chi connectivity index (χ3n) is 8.96. The van der Waals surface area contributed by atoms with Gasteiger partial charge in [-0.25, -0.2) is 18.1 Å². The third-order valence-corrected chi connectivity index (χ3v) is 10.2. The van der Waals surface area contributed by atoms with Crippen LogP contribution >= 0.6 is 0 Å². The Kier molecular flexibility index (Phi) is 15.5. The van der Waals surface area contributed by atoms with Crippen LogP contribution < -0.4 is 10.0 Å². The second-order valence-corrected chi connectivity index (χ2v) is 15.6. The standard InChI is InChI=1S/C45H50FN3O6S/c1-45(2,3)55-44(52)49(29-30-50)31-36(48-56(53)37-23-14-7-15-24-37)27-28-38-39(46)25-16-26-40(38)47-43(51)42(54-32-33-17-8-4-9-18-33)41(34-19-10-5-11-20-34)35-21-12-6-13-22-35/h4-26,36,41-42,48,50H,27-32H2,1-3H3,(H,47,51). The van der Waals surface area contributed by atoms with E-state index < -0.39 is 52.5 Å². The maximum absolute atomic E-state index is 15.9. The van der Waals surface area contributed by atoms with Crippen molar-refractivity contribution < 1.29 is 32.8 Å². The molecule has 0 aromatic heterocycles. The van der Waals surface area contributed by atoms with Crippen molar-refractivity contribution in [2.75, 3.05) is 25.0 Å². The Labute approximate surface area is 331 Å². The molecule has 5 aromatic carbocycles. The first-order valence-electron chi connectivity index (χ1n) is 18.7. The number of benzene rings is 5. The fourth-order valence-corrected chi connectivity index (χ4v) is 7.36. The van der Waals surface area contributed by atoms with Crippen LogP contribution in [0.25, 0.3) is 0 Å². The van der Waals surface area contributed by atoms with E-state index in [4.69, 9.17) is 9.47 Å². The molecule has 3 N–H and O–H groups in total. The number of halogens is 1. The summed E-state index contributed by atoms with van der Waals surface area (Å²) in [5, 5.41) is 12.8. The zero-order valence-corrected chi connectivity index (χ0v) is 32.8. The van der Waals surface area contributed by atoms with Crippen LogP contribution in [0.2, 0.25) is 0 Å². The lowest BCUT2D eigenvalue weighted by Gasteiger charge is -2.30. The zero-order chi connectivity index (χ0) is 39.9. The topological polar surface area (TPSA) is 117 Å². The largest absolute Gasteiger partial charge is 0.444 e. The van der Waals surface area contributed by atoms with Gasteiger partial charge in [0.15, 0.2) is 0 Å². The monoisotopic (exact) mass is 779 g/mol. The first-order valence-corrected chi connectivity index (χ1v) is 19.8. The molecule has 0 saturated heterocycles. The van der Waals surface area contributed by atoms with Gasteiger partial charge in [0, 0.05) is 36.3 Å². The van der Waals surface area contributed by atoms with Crippen LogP contribution in [0.4, 0.5) is 14.9 Å². The van der Waals surface area contributed by atoms with Crippen LogP contribution in [-0.2, 0) is 38.3 Å². The first-order chi connectivity index (χ1) is 27.0. The first kappa shape index (κ1) is 42.0. The summed E-state index contributed by atoms with van der Waals surface area (Å²) in [6.07, 6.45) is -1.35. The van der Waals surface area contributed by atoms with Gasteiger partial charge in [-0.15, -0.1) is 0 Å². The fourth-order valence-electron chi connectivity index (χ4n) is 6.32. The molecule has 0 fully saturated rings. The van der Waals surface area contributed by atoms with Crippen molar-refractivity contribution in [3.05, 3.63) is 168 Å². The van der Waals surface area contributed by atoms with E-state index in [1.165, 1.54) is 17.0 Å². The number of nitrogens with one attached hydrogen (secondary N) is 2. The fraction of sp³-hybridized carbons (Fsp3) is 0.289. The Morgan fingerprint density at radius 3 is 1.95 bits per heavy atom. The second-order valence-electron chi connectivity index (χ2n) is 14.4. The number of aliphatic hydroxyl groups is 1. The van der Waals surface area contributed by atoms with E-state index in [0.717, 1.165) is 16.7 Å². The molecule has 0 bridgehead atoms. The minimum absolute atomic E-state index is 0.00935. The van der Waals surface area contributed by atoms with E-state index in [1.54, 1.807) is 51.1 Å². The molecule has 3 atom stereocenters. The molecule has 5 aromatic rings. The normalized spacial score (nSPS) is 13.1. The minimum Gasteiger partial charge on any atom is -0.444 e. The predicted molar refractivity (Wildman–Crippen MR) is 218 cm³/mol. The van der Waals surface area contributed by atoms with Gasteiger partial charge in [0.1, 0.15) is 28.5 Å². The molecule has 0 spiro atoms. The number of amides is 2. The maximum atomic E-state index is 15.9. The van der Waals surface area contributed by atoms with Crippen LogP contribution in [-0.4, -0.2) is 63.7 Å². The lowest BCUT2D eigenvalue weighted by atomic mass is 9.86. The number of rotatable bonds is 18. The van der Waals surface area contributed by atoms with Gasteiger partial charge < -0.3 is 24.8 Å². The van der Waals surface area contributed by atoms with Crippen LogP contribution in [0.15, 0.2) is 144 Å². The second kappa shape index (κ2) is 20.6. The molecule has 9 nitrogen and oxygen atoms in total. The van der Waals surface area contributed by atoms with Crippen molar-refractivity contribution in [2.24, 2.45) is 0 Å². The molecule has 0 saturated carbocycles. The van der Waals surface area contributed by atoms with Crippen molar-refractivity contribution in [2.45, 2.75) is 68.8 Å². The highest BCUT2D eigenvalue weighted by Crippen LogP contribution is 2.32. The van der Waals surface area contributed by atoms with Crippen LogP contribution in [0.1, 0.15) is 55.4 Å². The van der Waals surface area contributed by atoms with Crippen molar-refractivity contribution in [1.82, 2.24) is 9.62 Å². The van der Waals surface area contributed by atoms with E-state index >= 15 is 4.39 Å². The van der Waals surface area contributed by atoms with Crippen molar-refractivity contribution in [3.8, 4) is 0 Å². The quantitative estimate of drug-likeness (QED) is 0.0830. The Morgan fingerprint density at radius 1 is 0.804 bits per heavy atom. The molecular weight excluding hydrogens is 730 g/mol. The summed E-state index contributed by atoms with van der Waals surface area (Å²) in [6, 6.07) is 41.6. The molecule has 56 heavy (non-hydrogen) atoms. The van der Waals surface area contributed by atoms with Crippen molar-refractivity contribution in [1.29, 1.82) is 0 Å². The molecule has 0 aliphatic heterocycles. The van der Waals surface area contributed by atoms with Gasteiger partial charge >= 0.3 is 6.09 Å². The summed E-state index contributed by atoms with van der Waals surface area (Å²) >= 11 is 0. The predicted octanol–water partition coefficient (Wildman–Crippen LogP) is 8.02. The maximum Gasteiger partial charge on any atom is 0.410 e. The van der Waals surface area contributed by atoms with Crippen molar-refractivity contribution in [3.63, 3.8) is 0 Å². The summed E-state index contributed by atoms with van der Waals surface area (Å²) in [5.74, 6) is -1.48.